The molecule has 0 bridgehead atoms. The maximum atomic E-state index is 12.7. The predicted molar refractivity (Wildman–Crippen MR) is 169 cm³/mol. The van der Waals surface area contributed by atoms with E-state index in [9.17, 15) is 19.7 Å². The van der Waals surface area contributed by atoms with Gasteiger partial charge in [0.15, 0.2) is 5.75 Å². The molecule has 0 aliphatic rings. The van der Waals surface area contributed by atoms with Gasteiger partial charge >= 0.3 is 17.6 Å². The van der Waals surface area contributed by atoms with Crippen LogP contribution in [0.4, 0.5) is 22.7 Å². The van der Waals surface area contributed by atoms with Gasteiger partial charge in [0.1, 0.15) is 5.69 Å². The molecular formula is C34H30N4O6. The summed E-state index contributed by atoms with van der Waals surface area (Å²) in [6.07, 6.45) is 5.69. The number of nitro benzene ring substituents is 1. The summed E-state index contributed by atoms with van der Waals surface area (Å²) in [5.74, 6) is -1.44. The van der Waals surface area contributed by atoms with Crippen molar-refractivity contribution in [3.8, 4) is 11.5 Å². The van der Waals surface area contributed by atoms with Crippen LogP contribution in [0.2, 0.25) is 0 Å². The van der Waals surface area contributed by atoms with E-state index in [0.717, 1.165) is 36.0 Å². The van der Waals surface area contributed by atoms with Gasteiger partial charge in [0, 0.05) is 43.1 Å². The second kappa shape index (κ2) is 15.4. The summed E-state index contributed by atoms with van der Waals surface area (Å²) >= 11 is 0. The molecule has 0 aliphatic heterocycles. The predicted octanol–water partition coefficient (Wildman–Crippen LogP) is 8.09. The van der Waals surface area contributed by atoms with Gasteiger partial charge in [-0.1, -0.05) is 60.7 Å². The number of benzene rings is 4. The quantitative estimate of drug-likeness (QED) is 0.0408. The molecule has 0 radical (unpaired) electrons. The highest BCUT2D eigenvalue weighted by atomic mass is 16.6. The van der Waals surface area contributed by atoms with Gasteiger partial charge in [0.25, 0.3) is 0 Å². The number of anilines is 1. The molecule has 0 amide bonds. The lowest BCUT2D eigenvalue weighted by atomic mass is 10.2. The van der Waals surface area contributed by atoms with Crippen molar-refractivity contribution >= 4 is 46.8 Å². The summed E-state index contributed by atoms with van der Waals surface area (Å²) in [5.41, 5.74) is 2.35. The number of hydrogen-bond acceptors (Lipinski definition) is 9. The highest BCUT2D eigenvalue weighted by Gasteiger charge is 2.19. The van der Waals surface area contributed by atoms with Crippen LogP contribution in [0.1, 0.15) is 25.0 Å². The van der Waals surface area contributed by atoms with E-state index in [2.05, 4.69) is 15.1 Å². The Morgan fingerprint density at radius 3 is 1.86 bits per heavy atom. The third-order valence-electron chi connectivity index (χ3n) is 6.33. The van der Waals surface area contributed by atoms with E-state index < -0.39 is 22.5 Å². The summed E-state index contributed by atoms with van der Waals surface area (Å²) in [5, 5.41) is 20.1. The SMILES string of the molecule is CCN(CC)c1ccc(N=Nc2ccc(OC(=O)/C=C/c3ccccc3)c([N+](=O)[O-])c2)c(OC(=O)/C=C/c2ccccc2)c1. The Labute approximate surface area is 254 Å². The Morgan fingerprint density at radius 2 is 1.32 bits per heavy atom. The van der Waals surface area contributed by atoms with Gasteiger partial charge in [-0.15, -0.1) is 5.11 Å². The van der Waals surface area contributed by atoms with Crippen molar-refractivity contribution in [3.05, 3.63) is 130 Å². The van der Waals surface area contributed by atoms with Gasteiger partial charge < -0.3 is 14.4 Å². The van der Waals surface area contributed by atoms with Crippen molar-refractivity contribution in [2.24, 2.45) is 10.2 Å². The van der Waals surface area contributed by atoms with Crippen LogP contribution in [-0.2, 0) is 9.59 Å². The molecule has 4 aromatic carbocycles. The van der Waals surface area contributed by atoms with E-state index in [4.69, 9.17) is 9.47 Å². The first kappa shape index (κ1) is 31.0. The average Bonchev–Trinajstić information content (AvgIpc) is 3.04. The van der Waals surface area contributed by atoms with Crippen molar-refractivity contribution in [1.82, 2.24) is 0 Å². The monoisotopic (exact) mass is 590 g/mol. The van der Waals surface area contributed by atoms with Crippen molar-refractivity contribution in [2.45, 2.75) is 13.8 Å². The minimum Gasteiger partial charge on any atom is -0.421 e. The highest BCUT2D eigenvalue weighted by molar-refractivity contribution is 5.90. The zero-order chi connectivity index (χ0) is 31.3. The van der Waals surface area contributed by atoms with Gasteiger partial charge in [0.05, 0.1) is 10.6 Å². The molecular weight excluding hydrogens is 560 g/mol. The third-order valence-corrected chi connectivity index (χ3v) is 6.33. The number of nitrogens with zero attached hydrogens (tertiary/aromatic N) is 4. The smallest absolute Gasteiger partial charge is 0.336 e. The van der Waals surface area contributed by atoms with E-state index >= 15 is 0 Å². The number of esters is 2. The van der Waals surface area contributed by atoms with Crippen molar-refractivity contribution in [2.75, 3.05) is 18.0 Å². The van der Waals surface area contributed by atoms with Crippen molar-refractivity contribution in [3.63, 3.8) is 0 Å². The first-order valence-corrected chi connectivity index (χ1v) is 13.8. The number of carbonyl (C=O) groups excluding carboxylic acids is 2. The van der Waals surface area contributed by atoms with E-state index in [1.165, 1.54) is 24.3 Å². The zero-order valence-electron chi connectivity index (χ0n) is 24.2. The first-order valence-electron chi connectivity index (χ1n) is 13.8. The Kier molecular flexibility index (Phi) is 10.8. The van der Waals surface area contributed by atoms with Gasteiger partial charge in [-0.3, -0.25) is 10.1 Å². The molecule has 4 aromatic rings. The molecule has 0 saturated carbocycles. The fraction of sp³-hybridized carbons (Fsp3) is 0.118. The van der Waals surface area contributed by atoms with Crippen LogP contribution >= 0.6 is 0 Å². The minimum absolute atomic E-state index is 0.130. The summed E-state index contributed by atoms with van der Waals surface area (Å²) < 4.78 is 10.8. The molecule has 0 aromatic heterocycles. The molecule has 10 heteroatoms. The normalized spacial score (nSPS) is 11.2. The lowest BCUT2D eigenvalue weighted by molar-refractivity contribution is -0.385. The number of hydrogen-bond donors (Lipinski definition) is 0. The molecule has 0 spiro atoms. The fourth-order valence-electron chi connectivity index (χ4n) is 4.10. The van der Waals surface area contributed by atoms with Crippen LogP contribution in [0, 0.1) is 10.1 Å². The lowest BCUT2D eigenvalue weighted by Crippen LogP contribution is -2.21. The van der Waals surface area contributed by atoms with Crippen LogP contribution in [0.15, 0.2) is 119 Å². The topological polar surface area (TPSA) is 124 Å². The van der Waals surface area contributed by atoms with Gasteiger partial charge in [0.2, 0.25) is 5.75 Å². The largest absolute Gasteiger partial charge is 0.421 e. The molecule has 0 atom stereocenters. The van der Waals surface area contributed by atoms with Crippen LogP contribution < -0.4 is 14.4 Å². The van der Waals surface area contributed by atoms with E-state index in [1.807, 2.05) is 68.4 Å². The molecule has 0 fully saturated rings. The third kappa shape index (κ3) is 8.80. The standard InChI is InChI=1S/C34H30N4O6/c1-3-37(4-2)28-18-19-29(32(24-28)44-34(40)22-16-26-13-9-6-10-14-26)36-35-27-17-20-31(30(23-27)38(41)42)43-33(39)21-15-25-11-7-5-8-12-25/h5-24H,3-4H2,1-2H3/b21-15+,22-16+,36-35?. The number of azo groups is 1. The lowest BCUT2D eigenvalue weighted by Gasteiger charge is -2.21. The number of rotatable bonds is 12. The average molecular weight is 591 g/mol. The molecule has 4 rings (SSSR count). The molecule has 0 saturated heterocycles. The summed E-state index contributed by atoms with van der Waals surface area (Å²) in [6, 6.07) is 27.4. The maximum absolute atomic E-state index is 12.7. The molecule has 222 valence electrons. The highest BCUT2D eigenvalue weighted by Crippen LogP contribution is 2.36. The Morgan fingerprint density at radius 1 is 0.750 bits per heavy atom. The first-order chi connectivity index (χ1) is 21.4. The number of nitro groups is 1. The van der Waals surface area contributed by atoms with Crippen molar-refractivity contribution < 1.29 is 24.0 Å². The fourth-order valence-corrected chi connectivity index (χ4v) is 4.10. The Bertz CT molecular complexity index is 1700. The van der Waals surface area contributed by atoms with Crippen molar-refractivity contribution in [1.29, 1.82) is 0 Å². The Hall–Kier alpha value is -5.90. The molecule has 0 heterocycles. The molecule has 0 N–H and O–H groups in total. The van der Waals surface area contributed by atoms with Crippen LogP contribution in [0.5, 0.6) is 11.5 Å². The van der Waals surface area contributed by atoms with Gasteiger partial charge in [-0.25, -0.2) is 9.59 Å². The van der Waals surface area contributed by atoms with Gasteiger partial charge in [-0.2, -0.15) is 5.11 Å². The van der Waals surface area contributed by atoms with E-state index in [-0.39, 0.29) is 22.9 Å². The van der Waals surface area contributed by atoms with Gasteiger partial charge in [-0.05, 0) is 61.4 Å². The van der Waals surface area contributed by atoms with Crippen LogP contribution in [-0.4, -0.2) is 30.0 Å². The van der Waals surface area contributed by atoms with Crippen LogP contribution in [0.3, 0.4) is 0 Å². The molecule has 44 heavy (non-hydrogen) atoms. The van der Waals surface area contributed by atoms with E-state index in [1.54, 1.807) is 36.4 Å². The summed E-state index contributed by atoms with van der Waals surface area (Å²) in [7, 11) is 0. The second-order valence-electron chi connectivity index (χ2n) is 9.26. The maximum Gasteiger partial charge on any atom is 0.336 e. The zero-order valence-corrected chi connectivity index (χ0v) is 24.2. The van der Waals surface area contributed by atoms with E-state index in [0.29, 0.717) is 0 Å². The number of carbonyl (C=O) groups is 2. The Balaban J connectivity index is 1.56. The molecule has 0 aliphatic carbocycles. The second-order valence-corrected chi connectivity index (χ2v) is 9.26. The molecule has 0 unspecified atom stereocenters. The number of ether oxygens (including phenoxy) is 2. The minimum atomic E-state index is -0.771. The van der Waals surface area contributed by atoms with Crippen LogP contribution in [0.25, 0.3) is 12.2 Å². The summed E-state index contributed by atoms with van der Waals surface area (Å²) in [6.45, 7) is 5.50. The molecule has 10 nitrogen and oxygen atoms in total. The summed E-state index contributed by atoms with van der Waals surface area (Å²) in [4.78, 5) is 38.2.